The molecule has 0 saturated carbocycles. The number of thiazole rings is 1. The number of aromatic amines is 1. The van der Waals surface area contributed by atoms with Crippen molar-refractivity contribution in [2.24, 2.45) is 0 Å². The number of amides is 1. The quantitative estimate of drug-likeness (QED) is 0.361. The minimum Gasteiger partial charge on any atom is -0.274 e. The molecule has 5 rings (SSSR count). The Kier molecular flexibility index (Phi) is 5.21. The molecule has 3 heterocycles. The summed E-state index contributed by atoms with van der Waals surface area (Å²) in [4.78, 5) is 23.5. The van der Waals surface area contributed by atoms with Crippen molar-refractivity contribution in [1.29, 1.82) is 0 Å². The van der Waals surface area contributed by atoms with Crippen molar-refractivity contribution in [3.05, 3.63) is 65.2 Å². The third-order valence-corrected chi connectivity index (χ3v) is 6.86. The van der Waals surface area contributed by atoms with E-state index in [0.717, 1.165) is 45.3 Å². The highest BCUT2D eigenvalue weighted by molar-refractivity contribution is 7.98. The number of fused-ring (bicyclic) bond motifs is 3. The van der Waals surface area contributed by atoms with Crippen molar-refractivity contribution in [3.8, 4) is 0 Å². The maximum Gasteiger partial charge on any atom is 0.231 e. The normalized spacial score (nSPS) is 11.4. The number of hydrogen-bond acceptors (Lipinski definition) is 6. The maximum atomic E-state index is 12.5. The first kappa shape index (κ1) is 19.8. The van der Waals surface area contributed by atoms with Crippen LogP contribution in [0.4, 0.5) is 10.8 Å². The summed E-state index contributed by atoms with van der Waals surface area (Å²) in [6, 6.07) is 16.0. The van der Waals surface area contributed by atoms with Gasteiger partial charge in [0, 0.05) is 18.1 Å². The number of hydrogen-bond donors (Lipinski definition) is 1. The second kappa shape index (κ2) is 8.16. The van der Waals surface area contributed by atoms with E-state index in [0.29, 0.717) is 10.9 Å². The topological polar surface area (TPSA) is 79.2 Å². The number of thioether (sulfide) groups is 1. The van der Waals surface area contributed by atoms with E-state index in [9.17, 15) is 4.79 Å². The Hall–Kier alpha value is -3.17. The van der Waals surface area contributed by atoms with Gasteiger partial charge in [-0.1, -0.05) is 49.0 Å². The van der Waals surface area contributed by atoms with E-state index >= 15 is 0 Å². The lowest BCUT2D eigenvalue weighted by molar-refractivity contribution is -0.115. The Morgan fingerprint density at radius 1 is 1.16 bits per heavy atom. The number of nitrogens with one attached hydrogen (secondary N) is 1. The molecular weight excluding hydrogens is 428 g/mol. The summed E-state index contributed by atoms with van der Waals surface area (Å²) in [7, 11) is 0. The molecule has 0 saturated heterocycles. The second-order valence-corrected chi connectivity index (χ2v) is 8.79. The average Bonchev–Trinajstić information content (AvgIpc) is 3.48. The molecule has 0 aliphatic rings. The van der Waals surface area contributed by atoms with Gasteiger partial charge in [-0.15, -0.1) is 16.4 Å². The van der Waals surface area contributed by atoms with Gasteiger partial charge in [-0.2, -0.15) is 0 Å². The van der Waals surface area contributed by atoms with Crippen molar-refractivity contribution in [1.82, 2.24) is 24.6 Å². The molecule has 156 valence electrons. The van der Waals surface area contributed by atoms with Crippen LogP contribution in [0, 0.1) is 0 Å². The zero-order valence-electron chi connectivity index (χ0n) is 17.1. The van der Waals surface area contributed by atoms with E-state index < -0.39 is 0 Å². The highest BCUT2D eigenvalue weighted by atomic mass is 32.2. The van der Waals surface area contributed by atoms with Crippen molar-refractivity contribution < 1.29 is 4.79 Å². The fourth-order valence-electron chi connectivity index (χ4n) is 3.58. The van der Waals surface area contributed by atoms with Crippen molar-refractivity contribution in [2.45, 2.75) is 31.2 Å². The number of aryl methyl sites for hydroxylation is 1. The largest absolute Gasteiger partial charge is 0.274 e. The molecule has 1 amide bonds. The molecule has 0 atom stereocenters. The molecule has 0 unspecified atom stereocenters. The average molecular weight is 449 g/mol. The van der Waals surface area contributed by atoms with Crippen LogP contribution in [0.1, 0.15) is 25.1 Å². The first-order valence-corrected chi connectivity index (χ1v) is 11.8. The van der Waals surface area contributed by atoms with Crippen molar-refractivity contribution in [3.63, 3.8) is 0 Å². The van der Waals surface area contributed by atoms with Gasteiger partial charge in [-0.3, -0.25) is 14.1 Å². The van der Waals surface area contributed by atoms with Crippen LogP contribution in [0.15, 0.2) is 59.1 Å². The minimum atomic E-state index is -0.0478. The predicted molar refractivity (Wildman–Crippen MR) is 125 cm³/mol. The molecule has 1 N–H and O–H groups in total. The number of H-pyrrole nitrogens is 1. The van der Waals surface area contributed by atoms with E-state index in [1.165, 1.54) is 11.3 Å². The lowest BCUT2D eigenvalue weighted by Crippen LogP contribution is -2.23. The van der Waals surface area contributed by atoms with Gasteiger partial charge in [0.1, 0.15) is 0 Å². The van der Waals surface area contributed by atoms with Gasteiger partial charge >= 0.3 is 0 Å². The Labute approximate surface area is 187 Å². The Morgan fingerprint density at radius 2 is 1.97 bits per heavy atom. The van der Waals surface area contributed by atoms with Crippen LogP contribution < -0.4 is 4.90 Å². The van der Waals surface area contributed by atoms with Gasteiger partial charge in [0.25, 0.3) is 0 Å². The third kappa shape index (κ3) is 3.60. The highest BCUT2D eigenvalue weighted by Crippen LogP contribution is 2.33. The fourth-order valence-corrected chi connectivity index (χ4v) is 5.41. The minimum absolute atomic E-state index is 0.0478. The van der Waals surface area contributed by atoms with Crippen LogP contribution >= 0.6 is 23.1 Å². The molecule has 0 fully saturated rings. The lowest BCUT2D eigenvalue weighted by Gasteiger charge is -2.20. The van der Waals surface area contributed by atoms with Gasteiger partial charge in [0.05, 0.1) is 22.4 Å². The number of carbonyl (C=O) groups excluding carboxylic acids is 1. The highest BCUT2D eigenvalue weighted by Gasteiger charge is 2.20. The van der Waals surface area contributed by atoms with E-state index in [1.54, 1.807) is 23.6 Å². The van der Waals surface area contributed by atoms with E-state index in [4.69, 9.17) is 4.98 Å². The molecule has 3 aromatic heterocycles. The Morgan fingerprint density at radius 3 is 2.81 bits per heavy atom. The monoisotopic (exact) mass is 448 g/mol. The number of para-hydroxylation sites is 3. The predicted octanol–water partition coefficient (Wildman–Crippen LogP) is 5.21. The van der Waals surface area contributed by atoms with Crippen molar-refractivity contribution >= 4 is 56.6 Å². The summed E-state index contributed by atoms with van der Waals surface area (Å²) in [6.45, 7) is 3.67. The van der Waals surface area contributed by atoms with Crippen LogP contribution in [0.3, 0.4) is 0 Å². The summed E-state index contributed by atoms with van der Waals surface area (Å²) in [5.74, 6) is 1.32. The zero-order valence-corrected chi connectivity index (χ0v) is 18.7. The Bertz CT molecular complexity index is 1390. The summed E-state index contributed by atoms with van der Waals surface area (Å²) in [6.07, 6.45) is 0.849. The molecule has 2 aromatic carbocycles. The van der Waals surface area contributed by atoms with Crippen LogP contribution in [0.5, 0.6) is 0 Å². The first-order chi connectivity index (χ1) is 15.2. The van der Waals surface area contributed by atoms with Gasteiger partial charge in [0.15, 0.2) is 10.3 Å². The van der Waals surface area contributed by atoms with Gasteiger partial charge in [-0.05, 0) is 30.2 Å². The lowest BCUT2D eigenvalue weighted by atomic mass is 10.1. The third-order valence-electron chi connectivity index (χ3n) is 5.01. The number of rotatable bonds is 6. The summed E-state index contributed by atoms with van der Waals surface area (Å²) >= 11 is 3.07. The smallest absolute Gasteiger partial charge is 0.231 e. The molecule has 0 aliphatic heterocycles. The number of nitrogens with zero attached hydrogens (tertiary/aromatic N) is 5. The molecule has 0 bridgehead atoms. The SMILES string of the molecule is CCc1ccccc1N(C(C)=O)c1nc(CSc2n[nH]c3nc4ccccc4n23)cs1. The molecule has 0 radical (unpaired) electrons. The fraction of sp³-hybridized carbons (Fsp3) is 0.182. The number of aromatic nitrogens is 5. The van der Waals surface area contributed by atoms with Crippen LogP contribution in [0.2, 0.25) is 0 Å². The molecular formula is C22H20N6OS2. The Balaban J connectivity index is 1.41. The van der Waals surface area contributed by atoms with Gasteiger partial charge < -0.3 is 0 Å². The molecule has 9 heteroatoms. The first-order valence-electron chi connectivity index (χ1n) is 9.93. The zero-order chi connectivity index (χ0) is 21.4. The maximum absolute atomic E-state index is 12.5. The van der Waals surface area contributed by atoms with Gasteiger partial charge in [0.2, 0.25) is 11.7 Å². The molecule has 0 spiro atoms. The summed E-state index contributed by atoms with van der Waals surface area (Å²) < 4.78 is 2.02. The summed E-state index contributed by atoms with van der Waals surface area (Å²) in [5, 5.41) is 10.9. The number of carbonyl (C=O) groups is 1. The van der Waals surface area contributed by atoms with E-state index in [2.05, 4.69) is 22.1 Å². The van der Waals surface area contributed by atoms with Crippen LogP contribution in [-0.4, -0.2) is 30.5 Å². The molecule has 5 aromatic rings. The van der Waals surface area contributed by atoms with Crippen LogP contribution in [0.25, 0.3) is 16.8 Å². The summed E-state index contributed by atoms with van der Waals surface area (Å²) in [5.41, 5.74) is 4.87. The molecule has 7 nitrogen and oxygen atoms in total. The molecule has 0 aliphatic carbocycles. The number of imidazole rings is 1. The number of anilines is 2. The standard InChI is InChI=1S/C22H20N6OS2/c1-3-15-8-4-6-10-18(15)27(14(2)29)21-23-16(12-30-21)13-31-22-26-25-20-24-17-9-5-7-11-19(17)28(20)22/h4-12H,3,13H2,1-2H3,(H,24,25). The van der Waals surface area contributed by atoms with Gasteiger partial charge in [-0.25, -0.2) is 15.1 Å². The molecule has 31 heavy (non-hydrogen) atoms. The van der Waals surface area contributed by atoms with Crippen LogP contribution in [-0.2, 0) is 17.0 Å². The van der Waals surface area contributed by atoms with E-state index in [-0.39, 0.29) is 5.91 Å². The van der Waals surface area contributed by atoms with E-state index in [1.807, 2.05) is 58.3 Å². The second-order valence-electron chi connectivity index (χ2n) is 7.01. The van der Waals surface area contributed by atoms with Crippen molar-refractivity contribution in [2.75, 3.05) is 4.90 Å². The number of benzene rings is 2.